The summed E-state index contributed by atoms with van der Waals surface area (Å²) in [6, 6.07) is 11.3. The van der Waals surface area contributed by atoms with Crippen LogP contribution in [0.1, 0.15) is 11.7 Å². The van der Waals surface area contributed by atoms with Crippen LogP contribution in [0, 0.1) is 10.1 Å². The summed E-state index contributed by atoms with van der Waals surface area (Å²) in [7, 11) is -4.56. The monoisotopic (exact) mass is 367 g/mol. The molecule has 0 saturated heterocycles. The molecule has 9 nitrogen and oxygen atoms in total. The van der Waals surface area contributed by atoms with Crippen LogP contribution in [-0.2, 0) is 19.1 Å². The lowest BCUT2D eigenvalue weighted by molar-refractivity contribution is -0.384. The molecule has 0 heterocycles. The van der Waals surface area contributed by atoms with Gasteiger partial charge < -0.3 is 10.2 Å². The van der Waals surface area contributed by atoms with Gasteiger partial charge in [0.05, 0.1) is 9.82 Å². The Hall–Kier alpha value is -2.82. The van der Waals surface area contributed by atoms with Crippen molar-refractivity contribution in [3.8, 4) is 0 Å². The van der Waals surface area contributed by atoms with Crippen molar-refractivity contribution in [2.75, 3.05) is 0 Å². The number of aliphatic carboxylic acids is 1. The largest absolute Gasteiger partial charge is 0.479 e. The Morgan fingerprint density at radius 3 is 2.12 bits per heavy atom. The zero-order valence-corrected chi connectivity index (χ0v) is 13.4. The highest BCUT2D eigenvalue weighted by Gasteiger charge is 2.34. The second-order valence-electron chi connectivity index (χ2n) is 4.92. The molecule has 0 aliphatic heterocycles. The fourth-order valence-electron chi connectivity index (χ4n) is 1.98. The van der Waals surface area contributed by atoms with Crippen molar-refractivity contribution in [2.45, 2.75) is 17.1 Å². The number of nitro benzene ring substituents is 1. The lowest BCUT2D eigenvalue weighted by Gasteiger charge is -2.19. The molecule has 0 spiro atoms. The van der Waals surface area contributed by atoms with Gasteiger partial charge in [0.15, 0.2) is 0 Å². The molecular weight excluding hydrogens is 354 g/mol. The Kier molecular flexibility index (Phi) is 5.47. The third-order valence-corrected chi connectivity index (χ3v) is 4.55. The highest BCUT2D eigenvalue weighted by atomic mass is 32.2. The number of nitrogens with zero attached hydrogens (tertiary/aromatic N) is 1. The molecule has 132 valence electrons. The van der Waals surface area contributed by atoms with E-state index in [4.69, 9.17) is 0 Å². The highest BCUT2D eigenvalue weighted by Crippen LogP contribution is 2.24. The third kappa shape index (κ3) is 4.38. The average Bonchev–Trinajstić information content (AvgIpc) is 2.59. The minimum absolute atomic E-state index is 0.161. The second kappa shape index (κ2) is 7.38. The van der Waals surface area contributed by atoms with E-state index in [9.17, 15) is 33.5 Å². The zero-order chi connectivity index (χ0) is 18.6. The maximum atomic E-state index is 12.2. The van der Waals surface area contributed by atoms with Gasteiger partial charge in [-0.25, -0.2) is 8.98 Å². The van der Waals surface area contributed by atoms with Gasteiger partial charge in [0, 0.05) is 12.1 Å². The Labute approximate surface area is 142 Å². The smallest absolute Gasteiger partial charge is 0.337 e. The van der Waals surface area contributed by atoms with Crippen molar-refractivity contribution in [3.63, 3.8) is 0 Å². The van der Waals surface area contributed by atoms with Crippen LogP contribution in [0.2, 0.25) is 0 Å². The lowest BCUT2D eigenvalue weighted by Crippen LogP contribution is -2.33. The molecule has 0 amide bonds. The number of hydrogen-bond donors (Lipinski definition) is 2. The van der Waals surface area contributed by atoms with E-state index in [1.165, 1.54) is 12.1 Å². The summed E-state index contributed by atoms with van der Waals surface area (Å²) >= 11 is 0. The van der Waals surface area contributed by atoms with Crippen LogP contribution in [0.5, 0.6) is 0 Å². The number of carboxylic acids is 1. The predicted molar refractivity (Wildman–Crippen MR) is 84.2 cm³/mol. The number of non-ortho nitro benzene ring substituents is 1. The molecule has 0 aliphatic carbocycles. The molecule has 0 bridgehead atoms. The minimum Gasteiger partial charge on any atom is -0.479 e. The number of carboxylic acid groups (broad SMARTS) is 1. The molecule has 2 aromatic rings. The Morgan fingerprint density at radius 2 is 1.64 bits per heavy atom. The normalized spacial score (nSPS) is 13.8. The Morgan fingerprint density at radius 1 is 1.08 bits per heavy atom. The standard InChI is InChI=1S/C15H13NO8S/c17-13(10-4-2-1-3-5-10)14(15(18)19)24-25(22,23)12-8-6-11(7-9-12)16(20)21/h1-9,13-14,17H,(H,18,19)/t13-,14+/m0/s1. The number of aliphatic hydroxyl groups is 1. The van der Waals surface area contributed by atoms with E-state index in [-0.39, 0.29) is 11.3 Å². The topological polar surface area (TPSA) is 144 Å². The number of hydrogen-bond acceptors (Lipinski definition) is 7. The van der Waals surface area contributed by atoms with Crippen molar-refractivity contribution in [1.82, 2.24) is 0 Å². The highest BCUT2D eigenvalue weighted by molar-refractivity contribution is 7.86. The van der Waals surface area contributed by atoms with Crippen LogP contribution in [0.3, 0.4) is 0 Å². The van der Waals surface area contributed by atoms with E-state index >= 15 is 0 Å². The number of benzene rings is 2. The molecule has 0 saturated carbocycles. The maximum absolute atomic E-state index is 12.2. The number of rotatable bonds is 7. The second-order valence-corrected chi connectivity index (χ2v) is 6.49. The van der Waals surface area contributed by atoms with E-state index in [2.05, 4.69) is 4.18 Å². The summed E-state index contributed by atoms with van der Waals surface area (Å²) in [6.45, 7) is 0. The van der Waals surface area contributed by atoms with Crippen molar-refractivity contribution in [1.29, 1.82) is 0 Å². The van der Waals surface area contributed by atoms with E-state index < -0.39 is 38.1 Å². The van der Waals surface area contributed by atoms with Crippen molar-refractivity contribution < 1.29 is 32.5 Å². The van der Waals surface area contributed by atoms with Gasteiger partial charge in [-0.3, -0.25) is 10.1 Å². The van der Waals surface area contributed by atoms with Crippen LogP contribution in [0.15, 0.2) is 59.5 Å². The van der Waals surface area contributed by atoms with Crippen molar-refractivity contribution >= 4 is 21.8 Å². The van der Waals surface area contributed by atoms with Gasteiger partial charge in [-0.1, -0.05) is 30.3 Å². The van der Waals surface area contributed by atoms with E-state index in [0.29, 0.717) is 0 Å². The van der Waals surface area contributed by atoms with Gasteiger partial charge in [0.2, 0.25) is 6.10 Å². The van der Waals surface area contributed by atoms with Crippen molar-refractivity contribution in [3.05, 3.63) is 70.3 Å². The number of carbonyl (C=O) groups is 1. The van der Waals surface area contributed by atoms with Crippen LogP contribution >= 0.6 is 0 Å². The lowest BCUT2D eigenvalue weighted by atomic mass is 10.1. The van der Waals surface area contributed by atoms with Crippen LogP contribution in [-0.4, -0.2) is 35.6 Å². The van der Waals surface area contributed by atoms with Crippen LogP contribution in [0.25, 0.3) is 0 Å². The first-order valence-corrected chi connectivity index (χ1v) is 8.27. The third-order valence-electron chi connectivity index (χ3n) is 3.24. The Balaban J connectivity index is 2.28. The predicted octanol–water partition coefficient (Wildman–Crippen LogP) is 1.49. The fourth-order valence-corrected chi connectivity index (χ4v) is 3.02. The molecule has 0 aromatic heterocycles. The SMILES string of the molecule is O=C(O)[C@H](OS(=O)(=O)c1ccc([N+](=O)[O-])cc1)[C@@H](O)c1ccccc1. The van der Waals surface area contributed by atoms with Gasteiger partial charge in [0.1, 0.15) is 6.10 Å². The minimum atomic E-state index is -4.56. The molecule has 0 radical (unpaired) electrons. The summed E-state index contributed by atoms with van der Waals surface area (Å²) in [5, 5.41) is 29.9. The molecule has 0 aliphatic rings. The Bertz CT molecular complexity index is 864. The fraction of sp³-hybridized carbons (Fsp3) is 0.133. The molecule has 2 aromatic carbocycles. The van der Waals surface area contributed by atoms with E-state index in [1.54, 1.807) is 18.2 Å². The van der Waals surface area contributed by atoms with Gasteiger partial charge in [-0.05, 0) is 17.7 Å². The maximum Gasteiger partial charge on any atom is 0.337 e. The summed E-state index contributed by atoms with van der Waals surface area (Å²) in [5.41, 5.74) is -0.174. The quantitative estimate of drug-likeness (QED) is 0.425. The summed E-state index contributed by atoms with van der Waals surface area (Å²) < 4.78 is 29.0. The van der Waals surface area contributed by atoms with Gasteiger partial charge in [-0.15, -0.1) is 0 Å². The molecule has 2 N–H and O–H groups in total. The molecule has 0 fully saturated rings. The molecule has 25 heavy (non-hydrogen) atoms. The molecule has 2 rings (SSSR count). The van der Waals surface area contributed by atoms with E-state index in [1.807, 2.05) is 0 Å². The van der Waals surface area contributed by atoms with Gasteiger partial charge in [-0.2, -0.15) is 8.42 Å². The van der Waals surface area contributed by atoms with Gasteiger partial charge >= 0.3 is 5.97 Å². The first-order valence-electron chi connectivity index (χ1n) is 6.86. The number of nitro groups is 1. The van der Waals surface area contributed by atoms with E-state index in [0.717, 1.165) is 24.3 Å². The molecule has 10 heteroatoms. The molecular formula is C15H13NO8S. The molecule has 2 atom stereocenters. The summed E-state index contributed by atoms with van der Waals surface area (Å²) in [5.74, 6) is -1.68. The van der Waals surface area contributed by atoms with Crippen LogP contribution in [0.4, 0.5) is 5.69 Å². The van der Waals surface area contributed by atoms with Crippen molar-refractivity contribution in [2.24, 2.45) is 0 Å². The first-order chi connectivity index (χ1) is 11.7. The van der Waals surface area contributed by atoms with Gasteiger partial charge in [0.25, 0.3) is 15.8 Å². The average molecular weight is 367 g/mol. The zero-order valence-electron chi connectivity index (χ0n) is 12.6. The summed E-state index contributed by atoms with van der Waals surface area (Å²) in [6.07, 6.45) is -3.81. The number of aliphatic hydroxyl groups excluding tert-OH is 1. The van der Waals surface area contributed by atoms with Crippen LogP contribution < -0.4 is 0 Å². The first kappa shape index (κ1) is 18.5. The molecule has 0 unspecified atom stereocenters. The summed E-state index contributed by atoms with van der Waals surface area (Å²) in [4.78, 5) is 20.7.